The van der Waals surface area contributed by atoms with E-state index in [2.05, 4.69) is 5.32 Å². The highest BCUT2D eigenvalue weighted by molar-refractivity contribution is 5.91. The zero-order chi connectivity index (χ0) is 13.2. The van der Waals surface area contributed by atoms with Gasteiger partial charge in [0.15, 0.2) is 6.61 Å². The van der Waals surface area contributed by atoms with Gasteiger partial charge in [-0.3, -0.25) is 4.79 Å². The molecule has 5 heteroatoms. The summed E-state index contributed by atoms with van der Waals surface area (Å²) in [6.07, 6.45) is 0.887. The number of anilines is 1. The molecule has 5 nitrogen and oxygen atoms in total. The van der Waals surface area contributed by atoms with E-state index in [0.717, 1.165) is 6.42 Å². The van der Waals surface area contributed by atoms with E-state index < -0.39 is 0 Å². The van der Waals surface area contributed by atoms with E-state index in [1.54, 1.807) is 24.3 Å². The SMILES string of the molecule is CCCOCC(=O)Nc1ccc(OCC#N)cc1. The Kier molecular flexibility index (Phi) is 6.30. The first-order valence-electron chi connectivity index (χ1n) is 5.73. The molecule has 0 radical (unpaired) electrons. The molecule has 0 atom stereocenters. The predicted molar refractivity (Wildman–Crippen MR) is 67.3 cm³/mol. The molecule has 96 valence electrons. The highest BCUT2D eigenvalue weighted by atomic mass is 16.5. The van der Waals surface area contributed by atoms with Gasteiger partial charge in [0, 0.05) is 12.3 Å². The molecule has 0 aromatic heterocycles. The number of nitriles is 1. The van der Waals surface area contributed by atoms with Crippen LogP contribution in [0.3, 0.4) is 0 Å². The van der Waals surface area contributed by atoms with Gasteiger partial charge in [0.25, 0.3) is 0 Å². The van der Waals surface area contributed by atoms with Crippen LogP contribution in [0.1, 0.15) is 13.3 Å². The third-order valence-corrected chi connectivity index (χ3v) is 2.02. The number of benzene rings is 1. The number of ether oxygens (including phenoxy) is 2. The number of carbonyl (C=O) groups is 1. The first kappa shape index (κ1) is 14.0. The Morgan fingerprint density at radius 1 is 1.39 bits per heavy atom. The maximum Gasteiger partial charge on any atom is 0.250 e. The maximum absolute atomic E-state index is 11.4. The molecule has 0 fully saturated rings. The van der Waals surface area contributed by atoms with Crippen LogP contribution in [0.5, 0.6) is 5.75 Å². The lowest BCUT2D eigenvalue weighted by atomic mass is 10.3. The molecule has 0 bridgehead atoms. The molecule has 18 heavy (non-hydrogen) atoms. The van der Waals surface area contributed by atoms with Crippen LogP contribution in [0.2, 0.25) is 0 Å². The van der Waals surface area contributed by atoms with Crippen LogP contribution >= 0.6 is 0 Å². The minimum atomic E-state index is -0.186. The normalized spacial score (nSPS) is 9.56. The van der Waals surface area contributed by atoms with E-state index in [1.165, 1.54) is 0 Å². The first-order chi connectivity index (χ1) is 8.76. The summed E-state index contributed by atoms with van der Waals surface area (Å²) in [5.74, 6) is 0.408. The van der Waals surface area contributed by atoms with Gasteiger partial charge in [-0.1, -0.05) is 6.92 Å². The summed E-state index contributed by atoms with van der Waals surface area (Å²) in [5.41, 5.74) is 0.671. The van der Waals surface area contributed by atoms with Crippen LogP contribution in [0.4, 0.5) is 5.69 Å². The van der Waals surface area contributed by atoms with Crippen molar-refractivity contribution in [1.82, 2.24) is 0 Å². The van der Waals surface area contributed by atoms with Gasteiger partial charge in [0.05, 0.1) is 0 Å². The third kappa shape index (κ3) is 5.32. The van der Waals surface area contributed by atoms with Gasteiger partial charge in [-0.15, -0.1) is 0 Å². The second-order valence-corrected chi connectivity index (χ2v) is 3.57. The van der Waals surface area contributed by atoms with Gasteiger partial charge in [-0.25, -0.2) is 0 Å². The average Bonchev–Trinajstić information content (AvgIpc) is 2.38. The van der Waals surface area contributed by atoms with Crippen molar-refractivity contribution in [1.29, 1.82) is 5.26 Å². The largest absolute Gasteiger partial charge is 0.479 e. The Morgan fingerprint density at radius 2 is 2.11 bits per heavy atom. The molecule has 0 saturated heterocycles. The average molecular weight is 248 g/mol. The Balaban J connectivity index is 2.38. The zero-order valence-corrected chi connectivity index (χ0v) is 10.3. The lowest BCUT2D eigenvalue weighted by Gasteiger charge is -2.06. The smallest absolute Gasteiger partial charge is 0.250 e. The Morgan fingerprint density at radius 3 is 2.72 bits per heavy atom. The van der Waals surface area contributed by atoms with Gasteiger partial charge >= 0.3 is 0 Å². The number of amides is 1. The van der Waals surface area contributed by atoms with Crippen LogP contribution in [0, 0.1) is 11.3 Å². The summed E-state index contributed by atoms with van der Waals surface area (Å²) in [6, 6.07) is 8.70. The minimum Gasteiger partial charge on any atom is -0.479 e. The summed E-state index contributed by atoms with van der Waals surface area (Å²) < 4.78 is 10.2. The van der Waals surface area contributed by atoms with Crippen molar-refractivity contribution < 1.29 is 14.3 Å². The topological polar surface area (TPSA) is 71.3 Å². The molecule has 0 aliphatic carbocycles. The molecule has 0 spiro atoms. The van der Waals surface area contributed by atoms with Crippen LogP contribution in [0.25, 0.3) is 0 Å². The summed E-state index contributed by atoms with van der Waals surface area (Å²) in [5, 5.41) is 11.1. The molecule has 1 aromatic carbocycles. The molecule has 0 unspecified atom stereocenters. The van der Waals surface area contributed by atoms with Crippen molar-refractivity contribution in [3.05, 3.63) is 24.3 Å². The number of nitrogens with one attached hydrogen (secondary N) is 1. The molecule has 0 aliphatic rings. The van der Waals surface area contributed by atoms with Crippen LogP contribution in [0.15, 0.2) is 24.3 Å². The lowest BCUT2D eigenvalue weighted by Crippen LogP contribution is -2.18. The Hall–Kier alpha value is -2.06. The summed E-state index contributed by atoms with van der Waals surface area (Å²) in [6.45, 7) is 2.63. The maximum atomic E-state index is 11.4. The number of rotatable bonds is 7. The minimum absolute atomic E-state index is 0.0105. The van der Waals surface area contributed by atoms with Gasteiger partial charge < -0.3 is 14.8 Å². The monoisotopic (exact) mass is 248 g/mol. The first-order valence-corrected chi connectivity index (χ1v) is 5.73. The molecule has 0 saturated carbocycles. The van der Waals surface area contributed by atoms with Crippen LogP contribution < -0.4 is 10.1 Å². The number of hydrogen-bond donors (Lipinski definition) is 1. The second kappa shape index (κ2) is 8.09. The number of carbonyl (C=O) groups excluding carboxylic acids is 1. The second-order valence-electron chi connectivity index (χ2n) is 3.57. The van der Waals surface area contributed by atoms with E-state index >= 15 is 0 Å². The Labute approximate surface area is 106 Å². The van der Waals surface area contributed by atoms with Gasteiger partial charge in [0.1, 0.15) is 18.4 Å². The van der Waals surface area contributed by atoms with Gasteiger partial charge in [-0.05, 0) is 30.7 Å². The van der Waals surface area contributed by atoms with Crippen molar-refractivity contribution in [2.24, 2.45) is 0 Å². The van der Waals surface area contributed by atoms with E-state index in [4.69, 9.17) is 14.7 Å². The highest BCUT2D eigenvalue weighted by Crippen LogP contribution is 2.15. The van der Waals surface area contributed by atoms with Crippen molar-refractivity contribution in [2.75, 3.05) is 25.1 Å². The van der Waals surface area contributed by atoms with E-state index in [-0.39, 0.29) is 19.1 Å². The summed E-state index contributed by atoms with van der Waals surface area (Å²) in [4.78, 5) is 11.4. The number of nitrogens with zero attached hydrogens (tertiary/aromatic N) is 1. The third-order valence-electron chi connectivity index (χ3n) is 2.02. The van der Waals surface area contributed by atoms with Crippen LogP contribution in [-0.2, 0) is 9.53 Å². The van der Waals surface area contributed by atoms with Crippen molar-refractivity contribution in [3.63, 3.8) is 0 Å². The molecule has 0 heterocycles. The van der Waals surface area contributed by atoms with E-state index in [9.17, 15) is 4.79 Å². The molecular formula is C13H16N2O3. The predicted octanol–water partition coefficient (Wildman–Crippen LogP) is 1.95. The summed E-state index contributed by atoms with van der Waals surface area (Å²) in [7, 11) is 0. The molecule has 1 rings (SSSR count). The standard InChI is InChI=1S/C13H16N2O3/c1-2-8-17-10-13(16)15-11-3-5-12(6-4-11)18-9-7-14/h3-6H,2,8-10H2,1H3,(H,15,16). The van der Waals surface area contributed by atoms with Gasteiger partial charge in [-0.2, -0.15) is 5.26 Å². The number of hydrogen-bond acceptors (Lipinski definition) is 4. The Bertz CT molecular complexity index is 409. The molecular weight excluding hydrogens is 232 g/mol. The molecule has 0 aliphatic heterocycles. The lowest BCUT2D eigenvalue weighted by molar-refractivity contribution is -0.120. The molecule has 1 amide bonds. The summed E-state index contributed by atoms with van der Waals surface area (Å²) >= 11 is 0. The fraction of sp³-hybridized carbons (Fsp3) is 0.385. The quantitative estimate of drug-likeness (QED) is 0.749. The van der Waals surface area contributed by atoms with E-state index in [1.807, 2.05) is 13.0 Å². The fourth-order valence-corrected chi connectivity index (χ4v) is 1.26. The van der Waals surface area contributed by atoms with Crippen molar-refractivity contribution >= 4 is 11.6 Å². The van der Waals surface area contributed by atoms with Crippen molar-refractivity contribution in [2.45, 2.75) is 13.3 Å². The van der Waals surface area contributed by atoms with Crippen molar-refractivity contribution in [3.8, 4) is 11.8 Å². The van der Waals surface area contributed by atoms with E-state index in [0.29, 0.717) is 18.0 Å². The fourth-order valence-electron chi connectivity index (χ4n) is 1.26. The highest BCUT2D eigenvalue weighted by Gasteiger charge is 2.02. The zero-order valence-electron chi connectivity index (χ0n) is 10.3. The van der Waals surface area contributed by atoms with Crippen LogP contribution in [-0.4, -0.2) is 25.7 Å². The molecule has 1 aromatic rings. The molecule has 1 N–H and O–H groups in total. The van der Waals surface area contributed by atoms with Gasteiger partial charge in [0.2, 0.25) is 5.91 Å².